The number of nitrogens with zero attached hydrogens (tertiary/aromatic N) is 1. The lowest BCUT2D eigenvalue weighted by atomic mass is 9.82. The van der Waals surface area contributed by atoms with E-state index in [1.807, 2.05) is 6.92 Å². The molecule has 0 saturated heterocycles. The van der Waals surface area contributed by atoms with Gasteiger partial charge in [-0.25, -0.2) is 0 Å². The third-order valence-corrected chi connectivity index (χ3v) is 2.75. The third-order valence-electron chi connectivity index (χ3n) is 2.75. The van der Waals surface area contributed by atoms with Crippen LogP contribution < -0.4 is 5.73 Å². The second kappa shape index (κ2) is 7.22. The average molecular weight is 232 g/mol. The SMILES string of the molecule is COCCN(CCO)C(C(C)N)C(C)(C)C. The van der Waals surface area contributed by atoms with Gasteiger partial charge in [0.15, 0.2) is 0 Å². The highest BCUT2D eigenvalue weighted by molar-refractivity contribution is 4.89. The number of ether oxygens (including phenoxy) is 1. The summed E-state index contributed by atoms with van der Waals surface area (Å²) in [5.41, 5.74) is 6.16. The van der Waals surface area contributed by atoms with Crippen LogP contribution in [-0.4, -0.2) is 55.5 Å². The highest BCUT2D eigenvalue weighted by Crippen LogP contribution is 2.26. The molecule has 0 aromatic rings. The largest absolute Gasteiger partial charge is 0.395 e. The van der Waals surface area contributed by atoms with Crippen molar-refractivity contribution in [2.75, 3.05) is 33.4 Å². The second-order valence-electron chi connectivity index (χ2n) is 5.42. The molecule has 0 radical (unpaired) electrons. The van der Waals surface area contributed by atoms with Gasteiger partial charge in [0.1, 0.15) is 0 Å². The fraction of sp³-hybridized carbons (Fsp3) is 1.00. The van der Waals surface area contributed by atoms with E-state index < -0.39 is 0 Å². The monoisotopic (exact) mass is 232 g/mol. The number of rotatable bonds is 7. The van der Waals surface area contributed by atoms with Crippen molar-refractivity contribution >= 4 is 0 Å². The molecular formula is C12H28N2O2. The normalized spacial score (nSPS) is 16.5. The van der Waals surface area contributed by atoms with Gasteiger partial charge in [-0.05, 0) is 12.3 Å². The summed E-state index contributed by atoms with van der Waals surface area (Å²) in [6, 6.07) is 0.318. The molecule has 3 N–H and O–H groups in total. The number of hydrogen-bond donors (Lipinski definition) is 2. The molecule has 0 fully saturated rings. The average Bonchev–Trinajstić information content (AvgIpc) is 2.11. The standard InChI is InChI=1S/C12H28N2O2/c1-10(13)11(12(2,3)4)14(6-8-15)7-9-16-5/h10-11,15H,6-9,13H2,1-5H3. The summed E-state index contributed by atoms with van der Waals surface area (Å²) in [7, 11) is 1.69. The molecule has 4 nitrogen and oxygen atoms in total. The van der Waals surface area contributed by atoms with E-state index in [0.29, 0.717) is 13.2 Å². The molecule has 16 heavy (non-hydrogen) atoms. The third kappa shape index (κ3) is 5.25. The van der Waals surface area contributed by atoms with Crippen molar-refractivity contribution in [2.45, 2.75) is 39.8 Å². The van der Waals surface area contributed by atoms with Crippen LogP contribution in [0, 0.1) is 5.41 Å². The van der Waals surface area contributed by atoms with Gasteiger partial charge in [-0.3, -0.25) is 4.90 Å². The quantitative estimate of drug-likeness (QED) is 0.678. The van der Waals surface area contributed by atoms with E-state index >= 15 is 0 Å². The van der Waals surface area contributed by atoms with Crippen molar-refractivity contribution in [3.05, 3.63) is 0 Å². The molecule has 0 aliphatic heterocycles. The van der Waals surface area contributed by atoms with E-state index in [-0.39, 0.29) is 24.1 Å². The molecule has 0 rings (SSSR count). The minimum absolute atomic E-state index is 0.0726. The van der Waals surface area contributed by atoms with Gasteiger partial charge in [-0.15, -0.1) is 0 Å². The fourth-order valence-electron chi connectivity index (χ4n) is 2.40. The van der Waals surface area contributed by atoms with Crippen LogP contribution in [0.3, 0.4) is 0 Å². The van der Waals surface area contributed by atoms with Crippen LogP contribution in [0.2, 0.25) is 0 Å². The van der Waals surface area contributed by atoms with Gasteiger partial charge in [-0.2, -0.15) is 0 Å². The lowest BCUT2D eigenvalue weighted by molar-refractivity contribution is 0.0428. The number of hydrogen-bond acceptors (Lipinski definition) is 4. The van der Waals surface area contributed by atoms with Crippen molar-refractivity contribution in [3.63, 3.8) is 0 Å². The molecule has 0 aliphatic rings. The smallest absolute Gasteiger partial charge is 0.0589 e. The van der Waals surface area contributed by atoms with E-state index in [2.05, 4.69) is 25.7 Å². The van der Waals surface area contributed by atoms with E-state index in [1.165, 1.54) is 0 Å². The van der Waals surface area contributed by atoms with E-state index in [0.717, 1.165) is 6.54 Å². The maximum Gasteiger partial charge on any atom is 0.0589 e. The Balaban J connectivity index is 4.66. The maximum absolute atomic E-state index is 9.11. The molecule has 0 aromatic heterocycles. The molecule has 0 heterocycles. The highest BCUT2D eigenvalue weighted by Gasteiger charge is 2.32. The first-order chi connectivity index (χ1) is 7.34. The fourth-order valence-corrected chi connectivity index (χ4v) is 2.40. The Morgan fingerprint density at radius 2 is 1.88 bits per heavy atom. The van der Waals surface area contributed by atoms with Crippen molar-refractivity contribution < 1.29 is 9.84 Å². The molecule has 2 atom stereocenters. The first-order valence-corrected chi connectivity index (χ1v) is 5.94. The molecule has 0 spiro atoms. The second-order valence-corrected chi connectivity index (χ2v) is 5.42. The number of nitrogens with two attached hydrogens (primary N) is 1. The van der Waals surface area contributed by atoms with Crippen LogP contribution in [0.1, 0.15) is 27.7 Å². The molecule has 4 heteroatoms. The highest BCUT2D eigenvalue weighted by atomic mass is 16.5. The van der Waals surface area contributed by atoms with Gasteiger partial charge in [0.25, 0.3) is 0 Å². The zero-order valence-electron chi connectivity index (χ0n) is 11.4. The van der Waals surface area contributed by atoms with Crippen molar-refractivity contribution in [3.8, 4) is 0 Å². The summed E-state index contributed by atoms with van der Waals surface area (Å²) >= 11 is 0. The molecule has 0 amide bonds. The lowest BCUT2D eigenvalue weighted by Crippen LogP contribution is -2.55. The first kappa shape index (κ1) is 15.8. The zero-order chi connectivity index (χ0) is 12.8. The lowest BCUT2D eigenvalue weighted by Gasteiger charge is -2.42. The minimum atomic E-state index is 0.0726. The Kier molecular flexibility index (Phi) is 7.15. The number of aliphatic hydroxyl groups excluding tert-OH is 1. The molecule has 0 bridgehead atoms. The van der Waals surface area contributed by atoms with Crippen LogP contribution in [0.25, 0.3) is 0 Å². The summed E-state index contributed by atoms with van der Waals surface area (Å²) in [4.78, 5) is 2.22. The summed E-state index contributed by atoms with van der Waals surface area (Å²) in [5, 5.41) is 9.11. The van der Waals surface area contributed by atoms with E-state index in [4.69, 9.17) is 15.6 Å². The van der Waals surface area contributed by atoms with E-state index in [9.17, 15) is 0 Å². The van der Waals surface area contributed by atoms with Crippen LogP contribution in [0.15, 0.2) is 0 Å². The Bertz CT molecular complexity index is 178. The molecule has 0 aliphatic carbocycles. The van der Waals surface area contributed by atoms with Crippen LogP contribution in [0.5, 0.6) is 0 Å². The van der Waals surface area contributed by atoms with Crippen molar-refractivity contribution in [2.24, 2.45) is 11.1 Å². The Morgan fingerprint density at radius 3 is 2.19 bits per heavy atom. The molecular weight excluding hydrogens is 204 g/mol. The Morgan fingerprint density at radius 1 is 1.31 bits per heavy atom. The van der Waals surface area contributed by atoms with Crippen LogP contribution in [-0.2, 0) is 4.74 Å². The number of methoxy groups -OCH3 is 1. The minimum Gasteiger partial charge on any atom is -0.395 e. The summed E-state index contributed by atoms with van der Waals surface area (Å²) in [6.45, 7) is 10.8. The molecule has 0 aromatic carbocycles. The molecule has 0 saturated carbocycles. The van der Waals surface area contributed by atoms with Gasteiger partial charge in [0, 0.05) is 32.3 Å². The van der Waals surface area contributed by atoms with Gasteiger partial charge in [-0.1, -0.05) is 20.8 Å². The molecule has 98 valence electrons. The first-order valence-electron chi connectivity index (χ1n) is 5.94. The Labute approximate surface area is 99.8 Å². The maximum atomic E-state index is 9.11. The van der Waals surface area contributed by atoms with Crippen LogP contribution in [0.4, 0.5) is 0 Å². The van der Waals surface area contributed by atoms with Gasteiger partial charge in [0.2, 0.25) is 0 Å². The van der Waals surface area contributed by atoms with Gasteiger partial charge >= 0.3 is 0 Å². The summed E-state index contributed by atoms with van der Waals surface area (Å²) in [5.74, 6) is 0. The number of aliphatic hydroxyl groups is 1. The van der Waals surface area contributed by atoms with Crippen LogP contribution >= 0.6 is 0 Å². The Hall–Kier alpha value is -0.160. The topological polar surface area (TPSA) is 58.7 Å². The van der Waals surface area contributed by atoms with Crippen molar-refractivity contribution in [1.82, 2.24) is 4.90 Å². The van der Waals surface area contributed by atoms with E-state index in [1.54, 1.807) is 7.11 Å². The summed E-state index contributed by atoms with van der Waals surface area (Å²) in [6.07, 6.45) is 0. The summed E-state index contributed by atoms with van der Waals surface area (Å²) < 4.78 is 5.10. The molecule has 2 unspecified atom stereocenters. The zero-order valence-corrected chi connectivity index (χ0v) is 11.4. The predicted molar refractivity (Wildman–Crippen MR) is 67.4 cm³/mol. The van der Waals surface area contributed by atoms with Crippen molar-refractivity contribution in [1.29, 1.82) is 0 Å². The predicted octanol–water partition coefficient (Wildman–Crippen LogP) is 0.689. The van der Waals surface area contributed by atoms with Gasteiger partial charge < -0.3 is 15.6 Å². The van der Waals surface area contributed by atoms with Gasteiger partial charge in [0.05, 0.1) is 13.2 Å².